The standard InChI is InChI=1S/C19H25N5O2S2/c1-12(16-20-17(23-26-16)19(2,3)4)28-18-22-21-15(14-8-6-10-27-14)24(18)11-13-7-5-9-25-13/h6,8,10,12-13H,5,7,9,11H2,1-4H3. The summed E-state index contributed by atoms with van der Waals surface area (Å²) in [6, 6.07) is 4.11. The van der Waals surface area contributed by atoms with Crippen LogP contribution in [0, 0.1) is 0 Å². The molecule has 3 aromatic heterocycles. The predicted molar refractivity (Wildman–Crippen MR) is 110 cm³/mol. The van der Waals surface area contributed by atoms with Gasteiger partial charge in [-0.15, -0.1) is 21.5 Å². The van der Waals surface area contributed by atoms with Gasteiger partial charge in [0.05, 0.1) is 22.8 Å². The molecule has 4 heterocycles. The minimum atomic E-state index is -0.141. The summed E-state index contributed by atoms with van der Waals surface area (Å²) < 4.78 is 13.5. The van der Waals surface area contributed by atoms with Crippen LogP contribution >= 0.6 is 23.1 Å². The van der Waals surface area contributed by atoms with Crippen LogP contribution in [0.15, 0.2) is 27.2 Å². The highest BCUT2D eigenvalue weighted by molar-refractivity contribution is 7.99. The van der Waals surface area contributed by atoms with Crippen LogP contribution in [0.1, 0.15) is 57.5 Å². The molecule has 2 unspecified atom stereocenters. The summed E-state index contributed by atoms with van der Waals surface area (Å²) >= 11 is 3.26. The van der Waals surface area contributed by atoms with E-state index in [2.05, 4.69) is 64.0 Å². The van der Waals surface area contributed by atoms with Crippen molar-refractivity contribution in [3.63, 3.8) is 0 Å². The Balaban J connectivity index is 1.59. The van der Waals surface area contributed by atoms with Crippen molar-refractivity contribution < 1.29 is 9.26 Å². The first-order valence-corrected chi connectivity index (χ1v) is 11.3. The van der Waals surface area contributed by atoms with Crippen LogP contribution in [0.2, 0.25) is 0 Å². The first-order chi connectivity index (χ1) is 13.4. The molecule has 0 saturated carbocycles. The number of rotatable bonds is 6. The molecular formula is C19H25N5O2S2. The zero-order valence-electron chi connectivity index (χ0n) is 16.6. The fourth-order valence-corrected chi connectivity index (χ4v) is 4.64. The molecule has 7 nitrogen and oxygen atoms in total. The third-order valence-corrected chi connectivity index (χ3v) is 6.54. The second kappa shape index (κ2) is 7.96. The maximum atomic E-state index is 5.86. The van der Waals surface area contributed by atoms with Crippen molar-refractivity contribution in [2.75, 3.05) is 6.61 Å². The summed E-state index contributed by atoms with van der Waals surface area (Å²) in [5.74, 6) is 2.22. The van der Waals surface area contributed by atoms with Gasteiger partial charge in [0.1, 0.15) is 0 Å². The number of nitrogens with zero attached hydrogens (tertiary/aromatic N) is 5. The van der Waals surface area contributed by atoms with E-state index in [0.29, 0.717) is 5.89 Å². The molecule has 0 N–H and O–H groups in total. The Morgan fingerprint density at radius 1 is 1.36 bits per heavy atom. The van der Waals surface area contributed by atoms with E-state index in [9.17, 15) is 0 Å². The van der Waals surface area contributed by atoms with Crippen LogP contribution in [-0.4, -0.2) is 37.6 Å². The SMILES string of the molecule is CC(Sc1nnc(-c2cccs2)n1CC1CCCO1)c1nc(C(C)(C)C)no1. The Hall–Kier alpha value is -1.71. The molecule has 0 aromatic carbocycles. The average Bonchev–Trinajstić information content (AvgIpc) is 3.43. The van der Waals surface area contributed by atoms with Crippen molar-refractivity contribution in [2.24, 2.45) is 0 Å². The lowest BCUT2D eigenvalue weighted by atomic mass is 9.96. The summed E-state index contributed by atoms with van der Waals surface area (Å²) in [6.07, 6.45) is 2.39. The third-order valence-electron chi connectivity index (χ3n) is 4.61. The van der Waals surface area contributed by atoms with Crippen molar-refractivity contribution in [1.82, 2.24) is 24.9 Å². The molecular weight excluding hydrogens is 394 g/mol. The lowest BCUT2D eigenvalue weighted by Gasteiger charge is -2.15. The van der Waals surface area contributed by atoms with E-state index in [4.69, 9.17) is 9.26 Å². The summed E-state index contributed by atoms with van der Waals surface area (Å²) in [7, 11) is 0. The largest absolute Gasteiger partial charge is 0.376 e. The Morgan fingerprint density at radius 2 is 2.21 bits per heavy atom. The summed E-state index contributed by atoms with van der Waals surface area (Å²) in [5, 5.41) is 16.0. The van der Waals surface area contributed by atoms with Crippen molar-refractivity contribution in [3.8, 4) is 10.7 Å². The molecule has 28 heavy (non-hydrogen) atoms. The quantitative estimate of drug-likeness (QED) is 0.535. The molecule has 0 aliphatic carbocycles. The molecule has 150 valence electrons. The first-order valence-electron chi connectivity index (χ1n) is 9.51. The maximum absolute atomic E-state index is 5.86. The Labute approximate surface area is 172 Å². The van der Waals surface area contributed by atoms with Gasteiger partial charge in [0.25, 0.3) is 0 Å². The van der Waals surface area contributed by atoms with Crippen LogP contribution in [0.5, 0.6) is 0 Å². The number of hydrogen-bond donors (Lipinski definition) is 0. The van der Waals surface area contributed by atoms with Gasteiger partial charge in [-0.25, -0.2) is 0 Å². The summed E-state index contributed by atoms with van der Waals surface area (Å²) in [5.41, 5.74) is -0.141. The van der Waals surface area contributed by atoms with E-state index in [-0.39, 0.29) is 16.8 Å². The summed E-state index contributed by atoms with van der Waals surface area (Å²) in [4.78, 5) is 5.70. The monoisotopic (exact) mass is 419 g/mol. The molecule has 4 rings (SSSR count). The Kier molecular flexibility index (Phi) is 5.57. The molecule has 2 atom stereocenters. The molecule has 3 aromatic rings. The van der Waals surface area contributed by atoms with Gasteiger partial charge < -0.3 is 9.26 Å². The minimum Gasteiger partial charge on any atom is -0.376 e. The highest BCUT2D eigenvalue weighted by Crippen LogP contribution is 2.36. The van der Waals surface area contributed by atoms with E-state index >= 15 is 0 Å². The van der Waals surface area contributed by atoms with Crippen molar-refractivity contribution in [3.05, 3.63) is 29.2 Å². The molecule has 9 heteroatoms. The second-order valence-corrected chi connectivity index (χ2v) is 10.3. The molecule has 1 fully saturated rings. The maximum Gasteiger partial charge on any atom is 0.239 e. The molecule has 1 saturated heterocycles. The normalized spacial score (nSPS) is 18.6. The fraction of sp³-hybridized carbons (Fsp3) is 0.579. The van der Waals surface area contributed by atoms with Crippen LogP contribution < -0.4 is 0 Å². The van der Waals surface area contributed by atoms with Crippen molar-refractivity contribution in [1.29, 1.82) is 0 Å². The molecule has 0 amide bonds. The van der Waals surface area contributed by atoms with Crippen molar-refractivity contribution in [2.45, 2.75) is 69.0 Å². The van der Waals surface area contributed by atoms with E-state index in [1.165, 1.54) is 0 Å². The number of thioether (sulfide) groups is 1. The average molecular weight is 420 g/mol. The third kappa shape index (κ3) is 4.16. The number of ether oxygens (including phenoxy) is 1. The van der Waals surface area contributed by atoms with Gasteiger partial charge in [0.15, 0.2) is 16.8 Å². The zero-order chi connectivity index (χ0) is 19.7. The molecule has 1 aliphatic rings. The van der Waals surface area contributed by atoms with Crippen LogP contribution in [0.25, 0.3) is 10.7 Å². The summed E-state index contributed by atoms with van der Waals surface area (Å²) in [6.45, 7) is 9.87. The fourth-order valence-electron chi connectivity index (χ4n) is 3.03. The van der Waals surface area contributed by atoms with Gasteiger partial charge in [-0.05, 0) is 31.2 Å². The van der Waals surface area contributed by atoms with Gasteiger partial charge in [0, 0.05) is 12.0 Å². The lowest BCUT2D eigenvalue weighted by molar-refractivity contribution is 0.0953. The highest BCUT2D eigenvalue weighted by atomic mass is 32.2. The highest BCUT2D eigenvalue weighted by Gasteiger charge is 2.27. The zero-order valence-corrected chi connectivity index (χ0v) is 18.2. The Morgan fingerprint density at radius 3 is 2.86 bits per heavy atom. The van der Waals surface area contributed by atoms with Gasteiger partial charge >= 0.3 is 0 Å². The second-order valence-electron chi connectivity index (χ2n) is 8.00. The smallest absolute Gasteiger partial charge is 0.239 e. The van der Waals surface area contributed by atoms with Gasteiger partial charge in [-0.3, -0.25) is 4.57 Å². The van der Waals surface area contributed by atoms with Gasteiger partial charge in [-0.2, -0.15) is 4.98 Å². The molecule has 0 radical (unpaired) electrons. The van der Waals surface area contributed by atoms with E-state index in [0.717, 1.165) is 47.7 Å². The predicted octanol–water partition coefficient (Wildman–Crippen LogP) is 4.72. The van der Waals surface area contributed by atoms with Crippen LogP contribution in [0.4, 0.5) is 0 Å². The number of aromatic nitrogens is 5. The minimum absolute atomic E-state index is 0.0211. The van der Waals surface area contributed by atoms with Gasteiger partial charge in [0.2, 0.25) is 5.89 Å². The number of hydrogen-bond acceptors (Lipinski definition) is 8. The van der Waals surface area contributed by atoms with Crippen LogP contribution in [0.3, 0.4) is 0 Å². The molecule has 1 aliphatic heterocycles. The van der Waals surface area contributed by atoms with Gasteiger partial charge in [-0.1, -0.05) is 43.8 Å². The van der Waals surface area contributed by atoms with E-state index in [1.54, 1.807) is 23.1 Å². The van der Waals surface area contributed by atoms with Crippen LogP contribution in [-0.2, 0) is 16.7 Å². The van der Waals surface area contributed by atoms with Crippen molar-refractivity contribution >= 4 is 23.1 Å². The molecule has 0 bridgehead atoms. The first kappa shape index (κ1) is 19.6. The topological polar surface area (TPSA) is 78.9 Å². The van der Waals surface area contributed by atoms with E-state index < -0.39 is 0 Å². The number of thiophene rings is 1. The van der Waals surface area contributed by atoms with E-state index in [1.807, 2.05) is 6.07 Å². The molecule has 0 spiro atoms. The lowest BCUT2D eigenvalue weighted by Crippen LogP contribution is -2.16. The Bertz CT molecular complexity index is 907.